The highest BCUT2D eigenvalue weighted by atomic mass is 32.2. The number of aromatic nitrogens is 1. The molecule has 5 rings (SSSR count). The minimum atomic E-state index is -4.38. The molecule has 0 aliphatic heterocycles. The minimum absolute atomic E-state index is 0.0378. The zero-order chi connectivity index (χ0) is 17.6. The molecule has 1 aromatic rings. The molecule has 3 nitrogen and oxygen atoms in total. The van der Waals surface area contributed by atoms with Crippen molar-refractivity contribution in [3.8, 4) is 0 Å². The second-order valence-corrected chi connectivity index (χ2v) is 8.69. The molecule has 136 valence electrons. The molecular formula is C18H21F3N2OS. The molecule has 1 N–H and O–H groups in total. The number of carbonyl (C=O) groups is 1. The second-order valence-electron chi connectivity index (χ2n) is 7.70. The van der Waals surface area contributed by atoms with E-state index in [1.54, 1.807) is 0 Å². The smallest absolute Gasteiger partial charge is 0.352 e. The van der Waals surface area contributed by atoms with Gasteiger partial charge in [0, 0.05) is 12.2 Å². The molecule has 4 bridgehead atoms. The number of alkyl halides is 3. The Balaban J connectivity index is 1.30. The summed E-state index contributed by atoms with van der Waals surface area (Å²) in [5.74, 6) is 3.12. The zero-order valence-electron chi connectivity index (χ0n) is 13.8. The zero-order valence-corrected chi connectivity index (χ0v) is 14.6. The highest BCUT2D eigenvalue weighted by Gasteiger charge is 2.48. The summed E-state index contributed by atoms with van der Waals surface area (Å²) in [5, 5.41) is 3.64. The third-order valence-electron chi connectivity index (χ3n) is 5.97. The van der Waals surface area contributed by atoms with Crippen LogP contribution in [0.5, 0.6) is 0 Å². The summed E-state index contributed by atoms with van der Waals surface area (Å²) in [6.45, 7) is 0. The van der Waals surface area contributed by atoms with Crippen LogP contribution in [0.25, 0.3) is 0 Å². The SMILES string of the molecule is O=C(CSc1ccc(C(F)(F)F)cn1)NC1C2CC3CC(C2)CC1C3. The summed E-state index contributed by atoms with van der Waals surface area (Å²) in [5.41, 5.74) is -0.769. The summed E-state index contributed by atoms with van der Waals surface area (Å²) >= 11 is 1.18. The van der Waals surface area contributed by atoms with Crippen molar-refractivity contribution in [2.75, 3.05) is 5.75 Å². The van der Waals surface area contributed by atoms with Crippen molar-refractivity contribution in [3.05, 3.63) is 23.9 Å². The molecule has 1 aromatic heterocycles. The van der Waals surface area contributed by atoms with Crippen LogP contribution >= 0.6 is 11.8 Å². The summed E-state index contributed by atoms with van der Waals surface area (Å²) in [4.78, 5) is 16.1. The topological polar surface area (TPSA) is 42.0 Å². The Kier molecular flexibility index (Phi) is 4.46. The molecule has 25 heavy (non-hydrogen) atoms. The van der Waals surface area contributed by atoms with E-state index in [1.165, 1.54) is 49.9 Å². The molecule has 4 saturated carbocycles. The number of halogens is 3. The summed E-state index contributed by atoms with van der Waals surface area (Å²) in [6, 6.07) is 2.62. The fourth-order valence-corrected chi connectivity index (χ4v) is 5.82. The van der Waals surface area contributed by atoms with Crippen LogP contribution in [0.2, 0.25) is 0 Å². The van der Waals surface area contributed by atoms with Gasteiger partial charge in [0.25, 0.3) is 0 Å². The van der Waals surface area contributed by atoms with Crippen LogP contribution in [0.1, 0.15) is 37.7 Å². The van der Waals surface area contributed by atoms with E-state index >= 15 is 0 Å². The molecule has 0 radical (unpaired) electrons. The predicted molar refractivity (Wildman–Crippen MR) is 88.9 cm³/mol. The van der Waals surface area contributed by atoms with Crippen molar-refractivity contribution >= 4 is 17.7 Å². The third kappa shape index (κ3) is 3.66. The van der Waals surface area contributed by atoms with Crippen LogP contribution in [-0.2, 0) is 11.0 Å². The lowest BCUT2D eigenvalue weighted by Gasteiger charge is -2.54. The highest BCUT2D eigenvalue weighted by Crippen LogP contribution is 2.53. The normalized spacial score (nSPS) is 33.5. The van der Waals surface area contributed by atoms with Crippen LogP contribution in [0.3, 0.4) is 0 Å². The van der Waals surface area contributed by atoms with E-state index in [9.17, 15) is 18.0 Å². The maximum Gasteiger partial charge on any atom is 0.417 e. The highest BCUT2D eigenvalue weighted by molar-refractivity contribution is 7.99. The summed E-state index contributed by atoms with van der Waals surface area (Å²) in [6.07, 6.45) is 2.78. The summed E-state index contributed by atoms with van der Waals surface area (Å²) in [7, 11) is 0. The van der Waals surface area contributed by atoms with E-state index in [1.807, 2.05) is 0 Å². The largest absolute Gasteiger partial charge is 0.417 e. The van der Waals surface area contributed by atoms with E-state index in [4.69, 9.17) is 0 Å². The molecule has 0 aromatic carbocycles. The van der Waals surface area contributed by atoms with Gasteiger partial charge in [-0.2, -0.15) is 13.2 Å². The van der Waals surface area contributed by atoms with E-state index in [0.717, 1.165) is 24.1 Å². The van der Waals surface area contributed by atoms with Crippen LogP contribution in [0, 0.1) is 23.7 Å². The van der Waals surface area contributed by atoms with Crippen LogP contribution < -0.4 is 5.32 Å². The number of nitrogens with zero attached hydrogens (tertiary/aromatic N) is 1. The van der Waals surface area contributed by atoms with Gasteiger partial charge in [-0.3, -0.25) is 4.79 Å². The molecule has 0 atom stereocenters. The molecule has 4 fully saturated rings. The van der Waals surface area contributed by atoms with E-state index in [-0.39, 0.29) is 11.7 Å². The fraction of sp³-hybridized carbons (Fsp3) is 0.667. The van der Waals surface area contributed by atoms with Gasteiger partial charge in [-0.25, -0.2) is 4.98 Å². The fourth-order valence-electron chi connectivity index (χ4n) is 5.16. The number of hydrogen-bond acceptors (Lipinski definition) is 3. The van der Waals surface area contributed by atoms with Crippen LogP contribution in [-0.4, -0.2) is 22.7 Å². The first kappa shape index (κ1) is 17.2. The quantitative estimate of drug-likeness (QED) is 0.810. The molecule has 7 heteroatoms. The monoisotopic (exact) mass is 370 g/mol. The van der Waals surface area contributed by atoms with Crippen molar-refractivity contribution in [2.45, 2.75) is 49.3 Å². The van der Waals surface area contributed by atoms with E-state index in [0.29, 0.717) is 22.9 Å². The van der Waals surface area contributed by atoms with Crippen molar-refractivity contribution in [3.63, 3.8) is 0 Å². The number of carbonyl (C=O) groups excluding carboxylic acids is 1. The number of thioether (sulfide) groups is 1. The number of amides is 1. The maximum absolute atomic E-state index is 12.5. The molecule has 4 aliphatic carbocycles. The number of pyridine rings is 1. The molecule has 1 heterocycles. The van der Waals surface area contributed by atoms with Gasteiger partial charge in [-0.1, -0.05) is 11.8 Å². The molecule has 4 aliphatic rings. The van der Waals surface area contributed by atoms with Gasteiger partial charge in [0.1, 0.15) is 0 Å². The van der Waals surface area contributed by atoms with Crippen LogP contribution in [0.15, 0.2) is 23.4 Å². The van der Waals surface area contributed by atoms with Gasteiger partial charge < -0.3 is 5.32 Å². The summed E-state index contributed by atoms with van der Waals surface area (Å²) < 4.78 is 37.6. The van der Waals surface area contributed by atoms with Crippen molar-refractivity contribution in [2.24, 2.45) is 23.7 Å². The molecule has 0 spiro atoms. The number of nitrogens with one attached hydrogen (secondary N) is 1. The van der Waals surface area contributed by atoms with Gasteiger partial charge in [-0.05, 0) is 67.9 Å². The maximum atomic E-state index is 12.5. The number of rotatable bonds is 4. The second kappa shape index (κ2) is 6.49. The Labute approximate surface area is 149 Å². The first-order valence-electron chi connectivity index (χ1n) is 8.84. The standard InChI is InChI=1S/C18H21F3N2OS/c19-18(20,21)14-1-2-16(22-8-14)25-9-15(24)23-17-12-4-10-3-11(6-12)7-13(17)5-10/h1-2,8,10-13,17H,3-7,9H2,(H,23,24). The molecular weight excluding hydrogens is 349 g/mol. The molecule has 1 amide bonds. The van der Waals surface area contributed by atoms with Gasteiger partial charge in [0.15, 0.2) is 0 Å². The van der Waals surface area contributed by atoms with Crippen LogP contribution in [0.4, 0.5) is 13.2 Å². The average Bonchev–Trinajstić information content (AvgIpc) is 2.55. The average molecular weight is 370 g/mol. The number of hydrogen-bond donors (Lipinski definition) is 1. The van der Waals surface area contributed by atoms with Gasteiger partial charge in [-0.15, -0.1) is 0 Å². The lowest BCUT2D eigenvalue weighted by molar-refractivity contribution is -0.137. The Hall–Kier alpha value is -1.24. The lowest BCUT2D eigenvalue weighted by Crippen LogP contribution is -2.56. The Morgan fingerprint density at radius 3 is 2.28 bits per heavy atom. The van der Waals surface area contributed by atoms with Crippen molar-refractivity contribution in [1.29, 1.82) is 0 Å². The van der Waals surface area contributed by atoms with Gasteiger partial charge in [0.2, 0.25) is 5.91 Å². The van der Waals surface area contributed by atoms with Gasteiger partial charge in [0.05, 0.1) is 16.3 Å². The Bertz CT molecular complexity index is 619. The lowest BCUT2D eigenvalue weighted by atomic mass is 9.54. The minimum Gasteiger partial charge on any atom is -0.352 e. The Morgan fingerprint density at radius 2 is 1.76 bits per heavy atom. The van der Waals surface area contributed by atoms with Crippen molar-refractivity contribution in [1.82, 2.24) is 10.3 Å². The van der Waals surface area contributed by atoms with E-state index in [2.05, 4.69) is 10.3 Å². The molecule has 0 saturated heterocycles. The predicted octanol–water partition coefficient (Wildman–Crippen LogP) is 4.13. The third-order valence-corrected chi connectivity index (χ3v) is 6.91. The molecule has 0 unspecified atom stereocenters. The Morgan fingerprint density at radius 1 is 1.12 bits per heavy atom. The van der Waals surface area contributed by atoms with E-state index < -0.39 is 11.7 Å². The van der Waals surface area contributed by atoms with Gasteiger partial charge >= 0.3 is 6.18 Å². The van der Waals surface area contributed by atoms with Crippen molar-refractivity contribution < 1.29 is 18.0 Å². The first-order valence-corrected chi connectivity index (χ1v) is 9.82. The first-order chi connectivity index (χ1) is 11.9.